The van der Waals surface area contributed by atoms with Crippen molar-refractivity contribution in [2.24, 2.45) is 0 Å². The second kappa shape index (κ2) is 12.7. The third-order valence-electron chi connectivity index (χ3n) is 9.45. The minimum atomic E-state index is -0.891. The maximum atomic E-state index is 14.1. The topological polar surface area (TPSA) is 81.7 Å². The lowest BCUT2D eigenvalue weighted by molar-refractivity contribution is -0.117. The summed E-state index contributed by atoms with van der Waals surface area (Å²) in [6.45, 7) is 7.86. The van der Waals surface area contributed by atoms with E-state index in [0.717, 1.165) is 43.4 Å². The molecule has 238 valence electrons. The largest absolute Gasteiger partial charge is 0.506 e. The summed E-state index contributed by atoms with van der Waals surface area (Å²) < 4.78 is 0.761. The number of carbonyl (C=O) groups excluding carboxylic acids is 2. The average molecular weight is 689 g/mol. The first-order valence-corrected chi connectivity index (χ1v) is 16.5. The summed E-state index contributed by atoms with van der Waals surface area (Å²) in [5, 5.41) is 17.6. The highest BCUT2D eigenvalue weighted by molar-refractivity contribution is 9.10. The van der Waals surface area contributed by atoms with Crippen LogP contribution in [0.4, 0.5) is 17.1 Å². The van der Waals surface area contributed by atoms with Crippen LogP contribution in [-0.2, 0) is 10.3 Å². The zero-order valence-electron chi connectivity index (χ0n) is 27.2. The van der Waals surface area contributed by atoms with Crippen LogP contribution in [0.3, 0.4) is 0 Å². The molecule has 2 amide bonds. The number of halogens is 1. The number of hydrogen-bond donors (Lipinski definition) is 3. The highest BCUT2D eigenvalue weighted by Gasteiger charge is 2.51. The van der Waals surface area contributed by atoms with Crippen molar-refractivity contribution >= 4 is 44.8 Å². The number of hydrogen-bond acceptors (Lipinski definition) is 4. The van der Waals surface area contributed by atoms with Gasteiger partial charge in [0.25, 0.3) is 5.91 Å². The number of phenols is 1. The van der Waals surface area contributed by atoms with E-state index < -0.39 is 5.54 Å². The Kier molecular flexibility index (Phi) is 8.68. The van der Waals surface area contributed by atoms with Gasteiger partial charge in [-0.05, 0) is 90.4 Å². The Morgan fingerprint density at radius 3 is 1.96 bits per heavy atom. The van der Waals surface area contributed by atoms with Crippen molar-refractivity contribution in [3.8, 4) is 5.75 Å². The van der Waals surface area contributed by atoms with E-state index in [1.807, 2.05) is 59.5 Å². The van der Waals surface area contributed by atoms with Gasteiger partial charge in [0.15, 0.2) is 0 Å². The molecule has 5 aromatic carbocycles. The average Bonchev–Trinajstić information content (AvgIpc) is 3.05. The normalized spacial score (nSPS) is 15.1. The fourth-order valence-electron chi connectivity index (χ4n) is 7.35. The Balaban J connectivity index is 1.64. The molecule has 0 aromatic heterocycles. The molecule has 0 aliphatic carbocycles. The van der Waals surface area contributed by atoms with Gasteiger partial charge in [-0.15, -0.1) is 0 Å². The number of nitrogens with zero attached hydrogens (tertiary/aromatic N) is 1. The minimum absolute atomic E-state index is 0.127. The number of benzene rings is 5. The SMILES string of the molecule is CNc1ccc(Br)cc1C(=O)Nc1cc2c(cc1O)N(C(C)=O)C(c1ccccc1C)(c1ccccc1C)CC2c1ccccc1C. The number of anilines is 3. The Morgan fingerprint density at radius 2 is 1.38 bits per heavy atom. The molecule has 5 aromatic rings. The van der Waals surface area contributed by atoms with Crippen molar-refractivity contribution in [1.82, 2.24) is 0 Å². The first kappa shape index (κ1) is 32.1. The van der Waals surface area contributed by atoms with Gasteiger partial charge in [0.1, 0.15) is 5.75 Å². The van der Waals surface area contributed by atoms with Crippen molar-refractivity contribution in [2.75, 3.05) is 22.6 Å². The van der Waals surface area contributed by atoms with Crippen molar-refractivity contribution in [1.29, 1.82) is 0 Å². The van der Waals surface area contributed by atoms with E-state index in [9.17, 15) is 14.7 Å². The molecule has 1 atom stereocenters. The number of fused-ring (bicyclic) bond motifs is 1. The van der Waals surface area contributed by atoms with Gasteiger partial charge in [-0.2, -0.15) is 0 Å². The molecule has 1 aliphatic heterocycles. The van der Waals surface area contributed by atoms with Crippen molar-refractivity contribution in [3.05, 3.63) is 152 Å². The third kappa shape index (κ3) is 5.59. The summed E-state index contributed by atoms with van der Waals surface area (Å²) in [6, 6.07) is 33.7. The lowest BCUT2D eigenvalue weighted by Gasteiger charge is -2.52. The quantitative estimate of drug-likeness (QED) is 0.156. The standard InChI is InChI=1S/C40H38BrN3O3/c1-24-12-6-9-15-29(24)32-23-40(33-16-10-7-13-25(33)2,34-17-11-8-14-26(34)3)44(27(4)45)37-22-38(46)36(21-30(32)37)43-39(47)31-20-28(41)18-19-35(31)42-5/h6-22,32,42,46H,23H2,1-5H3,(H,43,47). The highest BCUT2D eigenvalue weighted by Crippen LogP contribution is 2.57. The van der Waals surface area contributed by atoms with E-state index in [0.29, 0.717) is 23.4 Å². The molecule has 0 fully saturated rings. The summed E-state index contributed by atoms with van der Waals surface area (Å²) in [4.78, 5) is 29.6. The molecule has 6 nitrogen and oxygen atoms in total. The van der Waals surface area contributed by atoms with Crippen LogP contribution in [0, 0.1) is 20.8 Å². The molecular formula is C40H38BrN3O3. The van der Waals surface area contributed by atoms with Gasteiger partial charge >= 0.3 is 0 Å². The smallest absolute Gasteiger partial charge is 0.257 e. The fraction of sp³-hybridized carbons (Fsp3) is 0.200. The van der Waals surface area contributed by atoms with Crippen LogP contribution in [0.25, 0.3) is 0 Å². The number of nitrogens with one attached hydrogen (secondary N) is 2. The van der Waals surface area contributed by atoms with E-state index >= 15 is 0 Å². The van der Waals surface area contributed by atoms with E-state index in [1.165, 1.54) is 0 Å². The molecule has 1 aliphatic rings. The molecular weight excluding hydrogens is 650 g/mol. The maximum absolute atomic E-state index is 14.1. The Bertz CT molecular complexity index is 1980. The van der Waals surface area contributed by atoms with E-state index in [-0.39, 0.29) is 29.2 Å². The van der Waals surface area contributed by atoms with Gasteiger partial charge in [-0.1, -0.05) is 88.7 Å². The van der Waals surface area contributed by atoms with Crippen LogP contribution in [0.1, 0.15) is 68.6 Å². The zero-order chi connectivity index (χ0) is 33.5. The fourth-order valence-corrected chi connectivity index (χ4v) is 7.72. The highest BCUT2D eigenvalue weighted by atomic mass is 79.9. The number of rotatable bonds is 6. The zero-order valence-corrected chi connectivity index (χ0v) is 28.8. The molecule has 7 heteroatoms. The number of aromatic hydroxyl groups is 1. The second-order valence-corrected chi connectivity index (χ2v) is 13.2. The number of amides is 2. The van der Waals surface area contributed by atoms with Crippen LogP contribution in [-0.4, -0.2) is 24.0 Å². The van der Waals surface area contributed by atoms with Gasteiger partial charge < -0.3 is 15.7 Å². The van der Waals surface area contributed by atoms with Crippen LogP contribution < -0.4 is 15.5 Å². The van der Waals surface area contributed by atoms with Crippen LogP contribution in [0.5, 0.6) is 5.75 Å². The van der Waals surface area contributed by atoms with Gasteiger partial charge in [0.2, 0.25) is 5.91 Å². The van der Waals surface area contributed by atoms with Crippen LogP contribution in [0.15, 0.2) is 108 Å². The van der Waals surface area contributed by atoms with Gasteiger partial charge in [0, 0.05) is 36.1 Å². The summed E-state index contributed by atoms with van der Waals surface area (Å²) in [5.41, 5.74) is 8.36. The molecule has 0 saturated carbocycles. The first-order chi connectivity index (χ1) is 22.6. The van der Waals surface area contributed by atoms with Gasteiger partial charge in [-0.25, -0.2) is 0 Å². The van der Waals surface area contributed by atoms with Crippen molar-refractivity contribution < 1.29 is 14.7 Å². The Morgan fingerprint density at radius 1 is 0.787 bits per heavy atom. The summed E-state index contributed by atoms with van der Waals surface area (Å²) in [6.07, 6.45) is 0.549. The summed E-state index contributed by atoms with van der Waals surface area (Å²) >= 11 is 3.47. The molecule has 47 heavy (non-hydrogen) atoms. The van der Waals surface area contributed by atoms with Crippen molar-refractivity contribution in [2.45, 2.75) is 45.6 Å². The van der Waals surface area contributed by atoms with E-state index in [4.69, 9.17) is 0 Å². The third-order valence-corrected chi connectivity index (χ3v) is 9.94. The lowest BCUT2D eigenvalue weighted by atomic mass is 9.66. The molecule has 0 spiro atoms. The first-order valence-electron chi connectivity index (χ1n) is 15.7. The molecule has 1 heterocycles. The summed E-state index contributed by atoms with van der Waals surface area (Å²) in [7, 11) is 1.76. The predicted octanol–water partition coefficient (Wildman–Crippen LogP) is 9.21. The molecule has 0 saturated heterocycles. The molecule has 3 N–H and O–H groups in total. The maximum Gasteiger partial charge on any atom is 0.257 e. The van der Waals surface area contributed by atoms with Crippen molar-refractivity contribution in [3.63, 3.8) is 0 Å². The second-order valence-electron chi connectivity index (χ2n) is 12.3. The lowest BCUT2D eigenvalue weighted by Crippen LogP contribution is -2.54. The molecule has 6 rings (SSSR count). The van der Waals surface area contributed by atoms with E-state index in [1.54, 1.807) is 26.1 Å². The van der Waals surface area contributed by atoms with Gasteiger partial charge in [-0.3, -0.25) is 14.5 Å². The predicted molar refractivity (Wildman–Crippen MR) is 194 cm³/mol. The van der Waals surface area contributed by atoms with Gasteiger partial charge in [0.05, 0.1) is 22.5 Å². The van der Waals surface area contributed by atoms with Crippen LogP contribution in [0.2, 0.25) is 0 Å². The van der Waals surface area contributed by atoms with Crippen LogP contribution >= 0.6 is 15.9 Å². The number of carbonyl (C=O) groups is 2. The number of aryl methyl sites for hydroxylation is 3. The Hall–Kier alpha value is -4.88. The minimum Gasteiger partial charge on any atom is -0.506 e. The Labute approximate surface area is 284 Å². The molecule has 0 radical (unpaired) electrons. The van der Waals surface area contributed by atoms with E-state index in [2.05, 4.69) is 83.7 Å². The monoisotopic (exact) mass is 687 g/mol. The molecule has 0 bridgehead atoms. The molecule has 1 unspecified atom stereocenters. The summed E-state index contributed by atoms with van der Waals surface area (Å²) in [5.74, 6) is -0.828. The number of phenolic OH excluding ortho intramolecular Hbond substituents is 1.